The van der Waals surface area contributed by atoms with E-state index in [1.54, 1.807) is 24.3 Å². The normalized spacial score (nSPS) is 11.9. The SMILES string of the molecule is CCOc1ccc(C(=O)NCCCC(C)CO)cc1. The lowest BCUT2D eigenvalue weighted by Gasteiger charge is -2.09. The first-order valence-electron chi connectivity index (χ1n) is 6.79. The van der Waals surface area contributed by atoms with Crippen LogP contribution in [0.15, 0.2) is 24.3 Å². The quantitative estimate of drug-likeness (QED) is 0.709. The number of hydrogen-bond acceptors (Lipinski definition) is 3. The number of benzene rings is 1. The fraction of sp³-hybridized carbons (Fsp3) is 0.533. The van der Waals surface area contributed by atoms with Crippen molar-refractivity contribution < 1.29 is 14.6 Å². The van der Waals surface area contributed by atoms with E-state index in [9.17, 15) is 4.79 Å². The van der Waals surface area contributed by atoms with Crippen LogP contribution in [-0.4, -0.2) is 30.8 Å². The largest absolute Gasteiger partial charge is 0.494 e. The van der Waals surface area contributed by atoms with Crippen LogP contribution in [-0.2, 0) is 0 Å². The molecule has 0 saturated heterocycles. The molecule has 106 valence electrons. The van der Waals surface area contributed by atoms with Gasteiger partial charge >= 0.3 is 0 Å². The number of hydrogen-bond donors (Lipinski definition) is 2. The van der Waals surface area contributed by atoms with Gasteiger partial charge in [-0.25, -0.2) is 0 Å². The maximum atomic E-state index is 11.8. The van der Waals surface area contributed by atoms with Crippen LogP contribution in [0, 0.1) is 5.92 Å². The molecule has 19 heavy (non-hydrogen) atoms. The number of ether oxygens (including phenoxy) is 1. The van der Waals surface area contributed by atoms with Crippen molar-refractivity contribution in [3.63, 3.8) is 0 Å². The molecule has 0 aliphatic heterocycles. The van der Waals surface area contributed by atoms with Crippen LogP contribution in [0.25, 0.3) is 0 Å². The zero-order valence-electron chi connectivity index (χ0n) is 11.7. The van der Waals surface area contributed by atoms with Crippen molar-refractivity contribution in [2.24, 2.45) is 5.92 Å². The van der Waals surface area contributed by atoms with Gasteiger partial charge in [0.2, 0.25) is 0 Å². The van der Waals surface area contributed by atoms with Gasteiger partial charge in [-0.1, -0.05) is 6.92 Å². The third kappa shape index (κ3) is 5.75. The molecule has 0 bridgehead atoms. The summed E-state index contributed by atoms with van der Waals surface area (Å²) >= 11 is 0. The van der Waals surface area contributed by atoms with Gasteiger partial charge in [0.25, 0.3) is 5.91 Å². The second-order valence-corrected chi connectivity index (χ2v) is 4.64. The number of rotatable bonds is 8. The highest BCUT2D eigenvalue weighted by Gasteiger charge is 2.05. The van der Waals surface area contributed by atoms with Crippen LogP contribution >= 0.6 is 0 Å². The highest BCUT2D eigenvalue weighted by atomic mass is 16.5. The molecule has 1 rings (SSSR count). The second-order valence-electron chi connectivity index (χ2n) is 4.64. The van der Waals surface area contributed by atoms with Gasteiger partial charge in [0, 0.05) is 18.7 Å². The van der Waals surface area contributed by atoms with Gasteiger partial charge in [0.1, 0.15) is 5.75 Å². The summed E-state index contributed by atoms with van der Waals surface area (Å²) in [6.45, 7) is 5.38. The van der Waals surface area contributed by atoms with Gasteiger partial charge in [-0.3, -0.25) is 4.79 Å². The van der Waals surface area contributed by atoms with Crippen molar-refractivity contribution in [3.8, 4) is 5.75 Å². The number of aliphatic hydroxyl groups is 1. The minimum absolute atomic E-state index is 0.0697. The summed E-state index contributed by atoms with van der Waals surface area (Å²) in [5.74, 6) is 0.998. The smallest absolute Gasteiger partial charge is 0.251 e. The predicted octanol–water partition coefficient (Wildman–Crippen LogP) is 2.22. The Labute approximate surface area is 114 Å². The Bertz CT molecular complexity index is 375. The fourth-order valence-corrected chi connectivity index (χ4v) is 1.71. The van der Waals surface area contributed by atoms with Crippen molar-refractivity contribution in [2.45, 2.75) is 26.7 Å². The summed E-state index contributed by atoms with van der Waals surface area (Å²) in [5.41, 5.74) is 0.638. The second kappa shape index (κ2) is 8.53. The molecular formula is C15H23NO3. The van der Waals surface area contributed by atoms with E-state index in [0.29, 0.717) is 24.6 Å². The van der Waals surface area contributed by atoms with E-state index >= 15 is 0 Å². The molecule has 1 unspecified atom stereocenters. The summed E-state index contributed by atoms with van der Waals surface area (Å²) in [7, 11) is 0. The summed E-state index contributed by atoms with van der Waals surface area (Å²) < 4.78 is 5.32. The van der Waals surface area contributed by atoms with Gasteiger partial charge < -0.3 is 15.2 Å². The van der Waals surface area contributed by atoms with Crippen molar-refractivity contribution in [2.75, 3.05) is 19.8 Å². The number of carbonyl (C=O) groups is 1. The molecule has 0 heterocycles. The summed E-state index contributed by atoms with van der Waals surface area (Å²) in [4.78, 5) is 11.8. The molecule has 0 aromatic heterocycles. The number of carbonyl (C=O) groups excluding carboxylic acids is 1. The molecule has 2 N–H and O–H groups in total. The van der Waals surface area contributed by atoms with Crippen molar-refractivity contribution in [1.29, 1.82) is 0 Å². The lowest BCUT2D eigenvalue weighted by molar-refractivity contribution is 0.0952. The fourth-order valence-electron chi connectivity index (χ4n) is 1.71. The molecule has 0 aliphatic carbocycles. The van der Waals surface area contributed by atoms with Crippen LogP contribution in [0.3, 0.4) is 0 Å². The topological polar surface area (TPSA) is 58.6 Å². The van der Waals surface area contributed by atoms with Gasteiger partial charge in [0.05, 0.1) is 6.61 Å². The zero-order chi connectivity index (χ0) is 14.1. The molecule has 1 aromatic carbocycles. The molecule has 1 amide bonds. The van der Waals surface area contributed by atoms with Crippen molar-refractivity contribution >= 4 is 5.91 Å². The Hall–Kier alpha value is -1.55. The lowest BCUT2D eigenvalue weighted by atomic mass is 10.1. The van der Waals surface area contributed by atoms with E-state index in [-0.39, 0.29) is 12.5 Å². The summed E-state index contributed by atoms with van der Waals surface area (Å²) in [6, 6.07) is 7.12. The molecule has 0 fully saturated rings. The van der Waals surface area contributed by atoms with E-state index < -0.39 is 0 Å². The Morgan fingerprint density at radius 3 is 2.63 bits per heavy atom. The highest BCUT2D eigenvalue weighted by molar-refractivity contribution is 5.94. The van der Waals surface area contributed by atoms with Crippen LogP contribution in [0.4, 0.5) is 0 Å². The maximum absolute atomic E-state index is 11.8. The number of amides is 1. The summed E-state index contributed by atoms with van der Waals surface area (Å²) in [6.07, 6.45) is 1.80. The predicted molar refractivity (Wildman–Crippen MR) is 75.4 cm³/mol. The van der Waals surface area contributed by atoms with E-state index in [4.69, 9.17) is 9.84 Å². The van der Waals surface area contributed by atoms with Gasteiger partial charge in [-0.05, 0) is 49.9 Å². The molecule has 0 spiro atoms. The minimum atomic E-state index is -0.0697. The molecule has 1 aromatic rings. The Morgan fingerprint density at radius 1 is 1.37 bits per heavy atom. The average molecular weight is 265 g/mol. The first-order valence-corrected chi connectivity index (χ1v) is 6.79. The Morgan fingerprint density at radius 2 is 2.05 bits per heavy atom. The van der Waals surface area contributed by atoms with E-state index in [0.717, 1.165) is 18.6 Å². The number of nitrogens with one attached hydrogen (secondary N) is 1. The minimum Gasteiger partial charge on any atom is -0.494 e. The van der Waals surface area contributed by atoms with Crippen LogP contribution in [0.1, 0.15) is 37.0 Å². The molecule has 0 radical (unpaired) electrons. The van der Waals surface area contributed by atoms with E-state index in [1.165, 1.54) is 0 Å². The molecule has 0 saturated carbocycles. The zero-order valence-corrected chi connectivity index (χ0v) is 11.7. The molecule has 1 atom stereocenters. The third-order valence-corrected chi connectivity index (χ3v) is 2.90. The number of aliphatic hydroxyl groups excluding tert-OH is 1. The average Bonchev–Trinajstić information content (AvgIpc) is 2.44. The molecular weight excluding hydrogens is 242 g/mol. The maximum Gasteiger partial charge on any atom is 0.251 e. The first kappa shape index (κ1) is 15.5. The van der Waals surface area contributed by atoms with Crippen LogP contribution < -0.4 is 10.1 Å². The highest BCUT2D eigenvalue weighted by Crippen LogP contribution is 2.12. The Balaban J connectivity index is 2.33. The molecule has 0 aliphatic rings. The van der Waals surface area contributed by atoms with Crippen LogP contribution in [0.2, 0.25) is 0 Å². The van der Waals surface area contributed by atoms with Crippen LogP contribution in [0.5, 0.6) is 5.75 Å². The van der Waals surface area contributed by atoms with Crippen molar-refractivity contribution in [3.05, 3.63) is 29.8 Å². The summed E-state index contributed by atoms with van der Waals surface area (Å²) in [5, 5.41) is 11.8. The molecule has 4 heteroatoms. The van der Waals surface area contributed by atoms with Gasteiger partial charge in [-0.15, -0.1) is 0 Å². The van der Waals surface area contributed by atoms with Gasteiger partial charge in [0.15, 0.2) is 0 Å². The first-order chi connectivity index (χ1) is 9.17. The standard InChI is InChI=1S/C15H23NO3/c1-3-19-14-8-6-13(7-9-14)15(18)16-10-4-5-12(2)11-17/h6-9,12,17H,3-5,10-11H2,1-2H3,(H,16,18). The van der Waals surface area contributed by atoms with Crippen molar-refractivity contribution in [1.82, 2.24) is 5.32 Å². The third-order valence-electron chi connectivity index (χ3n) is 2.90. The van der Waals surface area contributed by atoms with Gasteiger partial charge in [-0.2, -0.15) is 0 Å². The molecule has 4 nitrogen and oxygen atoms in total. The Kier molecular flexibility index (Phi) is 6.97. The lowest BCUT2D eigenvalue weighted by Crippen LogP contribution is -2.24. The van der Waals surface area contributed by atoms with E-state index in [2.05, 4.69) is 5.32 Å². The van der Waals surface area contributed by atoms with E-state index in [1.807, 2.05) is 13.8 Å². The monoisotopic (exact) mass is 265 g/mol.